The summed E-state index contributed by atoms with van der Waals surface area (Å²) in [5.74, 6) is 1.69. The standard InChI is InChI=1S/C23H24N4O/c1-14-6-7-19(12-15(14)2)25-21-8-9-22-24-13-20(27(22)26-21)18-10-16(3)23(28-5)17(4)11-18/h6-13H,1-5H3,(H,25,26). The van der Waals surface area contributed by atoms with Gasteiger partial charge in [0.05, 0.1) is 19.0 Å². The zero-order valence-electron chi connectivity index (χ0n) is 16.9. The highest BCUT2D eigenvalue weighted by molar-refractivity contribution is 5.68. The van der Waals surface area contributed by atoms with E-state index in [1.165, 1.54) is 11.1 Å². The maximum Gasteiger partial charge on any atom is 0.154 e. The van der Waals surface area contributed by atoms with Gasteiger partial charge in [-0.05, 0) is 86.3 Å². The molecule has 0 atom stereocenters. The highest BCUT2D eigenvalue weighted by Crippen LogP contribution is 2.30. The van der Waals surface area contributed by atoms with Crippen LogP contribution in [-0.4, -0.2) is 21.7 Å². The van der Waals surface area contributed by atoms with Crippen LogP contribution in [0, 0.1) is 27.7 Å². The predicted molar refractivity (Wildman–Crippen MR) is 114 cm³/mol. The van der Waals surface area contributed by atoms with Gasteiger partial charge in [0, 0.05) is 11.3 Å². The first-order valence-corrected chi connectivity index (χ1v) is 9.31. The fourth-order valence-electron chi connectivity index (χ4n) is 3.52. The summed E-state index contributed by atoms with van der Waals surface area (Å²) in [4.78, 5) is 4.51. The summed E-state index contributed by atoms with van der Waals surface area (Å²) in [5.41, 5.74) is 8.56. The number of nitrogens with one attached hydrogen (secondary N) is 1. The molecule has 0 saturated carbocycles. The molecule has 2 aromatic heterocycles. The zero-order chi connectivity index (χ0) is 19.8. The van der Waals surface area contributed by atoms with Crippen molar-refractivity contribution in [2.45, 2.75) is 27.7 Å². The monoisotopic (exact) mass is 372 g/mol. The summed E-state index contributed by atoms with van der Waals surface area (Å²) in [7, 11) is 1.70. The number of imidazole rings is 1. The van der Waals surface area contributed by atoms with Gasteiger partial charge in [-0.15, -0.1) is 5.10 Å². The van der Waals surface area contributed by atoms with Gasteiger partial charge >= 0.3 is 0 Å². The fourth-order valence-corrected chi connectivity index (χ4v) is 3.52. The van der Waals surface area contributed by atoms with Crippen molar-refractivity contribution in [3.05, 3.63) is 70.9 Å². The lowest BCUT2D eigenvalue weighted by Gasteiger charge is -2.12. The summed E-state index contributed by atoms with van der Waals surface area (Å²) in [5, 5.41) is 8.17. The minimum Gasteiger partial charge on any atom is -0.496 e. The molecule has 0 aliphatic carbocycles. The number of benzene rings is 2. The van der Waals surface area contributed by atoms with Gasteiger partial charge in [0.1, 0.15) is 5.75 Å². The van der Waals surface area contributed by atoms with Gasteiger partial charge in [-0.3, -0.25) is 0 Å². The van der Waals surface area contributed by atoms with E-state index in [-0.39, 0.29) is 0 Å². The lowest BCUT2D eigenvalue weighted by molar-refractivity contribution is 0.408. The molecule has 2 heterocycles. The Hall–Kier alpha value is -3.34. The summed E-state index contributed by atoms with van der Waals surface area (Å²) in [6, 6.07) is 14.5. The summed E-state index contributed by atoms with van der Waals surface area (Å²) >= 11 is 0. The number of aryl methyl sites for hydroxylation is 4. The van der Waals surface area contributed by atoms with E-state index in [0.717, 1.165) is 45.3 Å². The molecule has 0 aliphatic rings. The molecule has 0 aliphatic heterocycles. The molecule has 5 heteroatoms. The number of hydrogen-bond acceptors (Lipinski definition) is 4. The van der Waals surface area contributed by atoms with Crippen molar-refractivity contribution >= 4 is 17.2 Å². The number of anilines is 2. The highest BCUT2D eigenvalue weighted by Gasteiger charge is 2.12. The Labute approximate surface area is 165 Å². The maximum absolute atomic E-state index is 5.49. The molecule has 5 nitrogen and oxygen atoms in total. The lowest BCUT2D eigenvalue weighted by Crippen LogP contribution is -2.01. The van der Waals surface area contributed by atoms with Crippen LogP contribution in [-0.2, 0) is 0 Å². The normalized spacial score (nSPS) is 11.0. The minimum atomic E-state index is 0.775. The van der Waals surface area contributed by atoms with Crippen molar-refractivity contribution in [3.8, 4) is 17.0 Å². The topological polar surface area (TPSA) is 51.5 Å². The predicted octanol–water partition coefficient (Wildman–Crippen LogP) is 5.38. The van der Waals surface area contributed by atoms with Crippen LogP contribution in [0.15, 0.2) is 48.7 Å². The van der Waals surface area contributed by atoms with Crippen LogP contribution in [0.25, 0.3) is 16.9 Å². The second-order valence-electron chi connectivity index (χ2n) is 7.20. The van der Waals surface area contributed by atoms with E-state index in [2.05, 4.69) is 68.3 Å². The van der Waals surface area contributed by atoms with E-state index in [9.17, 15) is 0 Å². The average Bonchev–Trinajstić information content (AvgIpc) is 3.08. The molecule has 0 fully saturated rings. The van der Waals surface area contributed by atoms with Crippen molar-refractivity contribution < 1.29 is 4.74 Å². The molecule has 4 aromatic rings. The Morgan fingerprint density at radius 2 is 1.61 bits per heavy atom. The van der Waals surface area contributed by atoms with Gasteiger partial charge in [-0.1, -0.05) is 6.07 Å². The van der Waals surface area contributed by atoms with Crippen molar-refractivity contribution in [2.24, 2.45) is 0 Å². The summed E-state index contributed by atoms with van der Waals surface area (Å²) in [6.07, 6.45) is 1.86. The van der Waals surface area contributed by atoms with E-state index in [1.807, 2.05) is 22.8 Å². The first kappa shape index (κ1) is 18.0. The van der Waals surface area contributed by atoms with Crippen LogP contribution in [0.3, 0.4) is 0 Å². The van der Waals surface area contributed by atoms with Crippen molar-refractivity contribution in [2.75, 3.05) is 12.4 Å². The van der Waals surface area contributed by atoms with Crippen LogP contribution in [0.2, 0.25) is 0 Å². The minimum absolute atomic E-state index is 0.775. The molecule has 142 valence electrons. The smallest absolute Gasteiger partial charge is 0.154 e. The van der Waals surface area contributed by atoms with Crippen molar-refractivity contribution in [3.63, 3.8) is 0 Å². The second kappa shape index (κ2) is 7.00. The zero-order valence-corrected chi connectivity index (χ0v) is 16.9. The number of ether oxygens (including phenoxy) is 1. The lowest BCUT2D eigenvalue weighted by atomic mass is 10.0. The van der Waals surface area contributed by atoms with Gasteiger partial charge in [-0.2, -0.15) is 0 Å². The molecule has 28 heavy (non-hydrogen) atoms. The van der Waals surface area contributed by atoms with E-state index in [0.29, 0.717) is 0 Å². The van der Waals surface area contributed by atoms with E-state index >= 15 is 0 Å². The number of nitrogens with zero attached hydrogens (tertiary/aromatic N) is 3. The van der Waals surface area contributed by atoms with E-state index in [1.54, 1.807) is 7.11 Å². The van der Waals surface area contributed by atoms with Gasteiger partial charge < -0.3 is 10.1 Å². The van der Waals surface area contributed by atoms with Crippen LogP contribution in [0.4, 0.5) is 11.5 Å². The Morgan fingerprint density at radius 3 is 2.29 bits per heavy atom. The molecular formula is C23H24N4O. The summed E-state index contributed by atoms with van der Waals surface area (Å²) in [6.45, 7) is 8.33. The van der Waals surface area contributed by atoms with E-state index < -0.39 is 0 Å². The molecule has 2 aromatic carbocycles. The Morgan fingerprint density at radius 1 is 0.857 bits per heavy atom. The molecule has 0 spiro atoms. The van der Waals surface area contributed by atoms with Crippen LogP contribution < -0.4 is 10.1 Å². The number of methoxy groups -OCH3 is 1. The third kappa shape index (κ3) is 3.20. The largest absolute Gasteiger partial charge is 0.496 e. The first-order chi connectivity index (χ1) is 13.5. The van der Waals surface area contributed by atoms with Gasteiger partial charge in [0.25, 0.3) is 0 Å². The fraction of sp³-hybridized carbons (Fsp3) is 0.217. The van der Waals surface area contributed by atoms with Crippen molar-refractivity contribution in [1.29, 1.82) is 0 Å². The maximum atomic E-state index is 5.49. The van der Waals surface area contributed by atoms with Crippen LogP contribution in [0.1, 0.15) is 22.3 Å². The molecule has 0 saturated heterocycles. The van der Waals surface area contributed by atoms with Crippen molar-refractivity contribution in [1.82, 2.24) is 14.6 Å². The Kier molecular flexibility index (Phi) is 4.51. The molecule has 0 radical (unpaired) electrons. The first-order valence-electron chi connectivity index (χ1n) is 9.31. The molecule has 1 N–H and O–H groups in total. The summed E-state index contributed by atoms with van der Waals surface area (Å²) < 4.78 is 7.37. The molecule has 0 amide bonds. The Balaban J connectivity index is 1.75. The quantitative estimate of drug-likeness (QED) is 0.522. The van der Waals surface area contributed by atoms with Gasteiger partial charge in [0.2, 0.25) is 0 Å². The van der Waals surface area contributed by atoms with Crippen LogP contribution in [0.5, 0.6) is 5.75 Å². The number of fused-ring (bicyclic) bond motifs is 1. The van der Waals surface area contributed by atoms with Gasteiger partial charge in [-0.25, -0.2) is 9.50 Å². The van der Waals surface area contributed by atoms with Crippen LogP contribution >= 0.6 is 0 Å². The van der Waals surface area contributed by atoms with Gasteiger partial charge in [0.15, 0.2) is 11.5 Å². The molecule has 0 unspecified atom stereocenters. The highest BCUT2D eigenvalue weighted by atomic mass is 16.5. The second-order valence-corrected chi connectivity index (χ2v) is 7.20. The molecule has 4 rings (SSSR count). The molecular weight excluding hydrogens is 348 g/mol. The third-order valence-electron chi connectivity index (χ3n) is 5.10. The number of aromatic nitrogens is 3. The number of rotatable bonds is 4. The average molecular weight is 372 g/mol. The SMILES string of the molecule is COc1c(C)cc(-c2cnc3ccc(Nc4ccc(C)c(C)c4)nn23)cc1C. The third-order valence-corrected chi connectivity index (χ3v) is 5.10. The van der Waals surface area contributed by atoms with E-state index in [4.69, 9.17) is 9.84 Å². The molecule has 0 bridgehead atoms. The number of hydrogen-bond donors (Lipinski definition) is 1. The Bertz CT molecular complexity index is 1150.